The molecule has 0 atom stereocenters. The summed E-state index contributed by atoms with van der Waals surface area (Å²) in [6, 6.07) is 0. The van der Waals surface area contributed by atoms with Gasteiger partial charge in [0.05, 0.1) is 5.69 Å². The van der Waals surface area contributed by atoms with Crippen LogP contribution in [0.15, 0.2) is 12.0 Å². The van der Waals surface area contributed by atoms with Gasteiger partial charge in [0.25, 0.3) is 5.90 Å². The van der Waals surface area contributed by atoms with Gasteiger partial charge in [-0.25, -0.2) is 4.98 Å². The second-order valence-electron chi connectivity index (χ2n) is 3.21. The van der Waals surface area contributed by atoms with E-state index in [0.29, 0.717) is 16.4 Å². The quantitative estimate of drug-likeness (QED) is 0.354. The molecule has 0 unspecified atom stereocenters. The van der Waals surface area contributed by atoms with Crippen LogP contribution in [0.25, 0.3) is 5.57 Å². The highest BCUT2D eigenvalue weighted by molar-refractivity contribution is 7.14. The molecule has 0 aromatic carbocycles. The van der Waals surface area contributed by atoms with E-state index in [4.69, 9.17) is 33.3 Å². The van der Waals surface area contributed by atoms with Crippen LogP contribution in [-0.4, -0.2) is 34.5 Å². The zero-order valence-corrected chi connectivity index (χ0v) is 13.1. The molecule has 1 rings (SSSR count). The molecule has 1 aromatic heterocycles. The van der Waals surface area contributed by atoms with Gasteiger partial charge in [-0.15, -0.1) is 35.3 Å². The average Bonchev–Trinajstić information content (AvgIpc) is 2.83. The lowest BCUT2D eigenvalue weighted by Gasteiger charge is -2.04. The van der Waals surface area contributed by atoms with Crippen LogP contribution in [0.5, 0.6) is 0 Å². The smallest absolute Gasteiger partial charge is 0.306 e. The van der Waals surface area contributed by atoms with Crippen molar-refractivity contribution < 1.29 is 14.3 Å². The molecular formula is C10H10Cl3N3O3S. The molecule has 0 aliphatic heterocycles. The number of aromatic nitrogens is 1. The van der Waals surface area contributed by atoms with Crippen LogP contribution in [0.3, 0.4) is 0 Å². The number of thiazole rings is 1. The monoisotopic (exact) mass is 357 g/mol. The van der Waals surface area contributed by atoms with Gasteiger partial charge in [0.2, 0.25) is 5.91 Å². The molecule has 0 aliphatic carbocycles. The van der Waals surface area contributed by atoms with Crippen molar-refractivity contribution in [3.05, 3.63) is 17.7 Å². The number of halogens is 3. The van der Waals surface area contributed by atoms with Gasteiger partial charge in [0.15, 0.2) is 5.13 Å². The highest BCUT2D eigenvalue weighted by Gasteiger charge is 2.11. The van der Waals surface area contributed by atoms with E-state index >= 15 is 0 Å². The van der Waals surface area contributed by atoms with Crippen LogP contribution >= 0.6 is 46.9 Å². The Balaban J connectivity index is 0.00000361. The summed E-state index contributed by atoms with van der Waals surface area (Å²) in [5.41, 5.74) is 0.940. The highest BCUT2D eigenvalue weighted by atomic mass is 35.5. The highest BCUT2D eigenvalue weighted by Crippen LogP contribution is 2.20. The normalized spacial score (nSPS) is 9.30. The number of alkyl halides is 1. The number of hydrogen-bond acceptors (Lipinski definition) is 6. The second kappa shape index (κ2) is 8.91. The van der Waals surface area contributed by atoms with E-state index in [0.717, 1.165) is 0 Å². The van der Waals surface area contributed by atoms with Gasteiger partial charge in [0, 0.05) is 11.0 Å². The van der Waals surface area contributed by atoms with Crippen LogP contribution < -0.4 is 5.32 Å². The molecule has 0 bridgehead atoms. The molecule has 20 heavy (non-hydrogen) atoms. The van der Waals surface area contributed by atoms with E-state index in [-0.39, 0.29) is 30.8 Å². The minimum Gasteiger partial charge on any atom is -0.470 e. The Kier molecular flexibility index (Phi) is 8.40. The van der Waals surface area contributed by atoms with Crippen molar-refractivity contribution in [3.8, 4) is 0 Å². The number of carbonyl (C=O) groups is 2. The molecule has 0 spiro atoms. The van der Waals surface area contributed by atoms with E-state index in [1.165, 1.54) is 11.3 Å². The molecule has 0 saturated heterocycles. The maximum Gasteiger partial charge on any atom is 0.306 e. The first kappa shape index (κ1) is 18.9. The van der Waals surface area contributed by atoms with E-state index in [2.05, 4.69) is 16.9 Å². The van der Waals surface area contributed by atoms with Crippen molar-refractivity contribution in [1.29, 1.82) is 5.41 Å². The number of hydrogen-bond donors (Lipinski definition) is 2. The van der Waals surface area contributed by atoms with Crippen LogP contribution in [0.2, 0.25) is 0 Å². The summed E-state index contributed by atoms with van der Waals surface area (Å²) in [4.78, 5) is 25.7. The molecular weight excluding hydrogens is 349 g/mol. The summed E-state index contributed by atoms with van der Waals surface area (Å²) in [5, 5.41) is 10.6. The number of anilines is 1. The van der Waals surface area contributed by atoms with Gasteiger partial charge in [-0.1, -0.05) is 6.58 Å². The molecule has 0 saturated carbocycles. The molecule has 10 heteroatoms. The summed E-state index contributed by atoms with van der Waals surface area (Å²) in [6.45, 7) is 3.60. The van der Waals surface area contributed by atoms with Gasteiger partial charge < -0.3 is 10.1 Å². The van der Waals surface area contributed by atoms with Gasteiger partial charge in [-0.2, -0.15) is 0 Å². The average molecular weight is 359 g/mol. The topological polar surface area (TPSA) is 92.1 Å². The second-order valence-corrected chi connectivity index (χ2v) is 4.68. The summed E-state index contributed by atoms with van der Waals surface area (Å²) in [5.74, 6) is -1.18. The van der Waals surface area contributed by atoms with E-state index < -0.39 is 11.1 Å². The number of ether oxygens (including phenoxy) is 1. The molecule has 1 heterocycles. The lowest BCUT2D eigenvalue weighted by Crippen LogP contribution is -2.13. The molecule has 110 valence electrons. The lowest BCUT2D eigenvalue weighted by atomic mass is 10.2. The van der Waals surface area contributed by atoms with Crippen molar-refractivity contribution in [2.75, 3.05) is 17.8 Å². The van der Waals surface area contributed by atoms with E-state index in [1.54, 1.807) is 5.38 Å². The first-order valence-corrected chi connectivity index (χ1v) is 6.64. The van der Waals surface area contributed by atoms with Crippen LogP contribution in [0.1, 0.15) is 5.69 Å². The fraction of sp³-hybridized carbons (Fsp3) is 0.200. The van der Waals surface area contributed by atoms with Gasteiger partial charge in [-0.3, -0.25) is 15.0 Å². The Morgan fingerprint density at radius 1 is 1.55 bits per heavy atom. The Hall–Kier alpha value is -1.15. The third kappa shape index (κ3) is 5.87. The molecule has 0 radical (unpaired) electrons. The summed E-state index contributed by atoms with van der Waals surface area (Å²) >= 11 is 11.6. The zero-order valence-electron chi connectivity index (χ0n) is 9.94. The van der Waals surface area contributed by atoms with Gasteiger partial charge in [0.1, 0.15) is 12.5 Å². The largest absolute Gasteiger partial charge is 0.470 e. The predicted molar refractivity (Wildman–Crippen MR) is 82.3 cm³/mol. The maximum absolute atomic E-state index is 11.0. The molecule has 2 N–H and O–H groups in total. The SMILES string of the molecule is C=C(COC(=N)C(=O)Cl)c1csc(NC(=O)CCl)n1.Cl. The molecule has 1 aromatic rings. The molecule has 1 amide bonds. The third-order valence-corrected chi connectivity index (χ3v) is 2.98. The fourth-order valence-corrected chi connectivity index (χ4v) is 1.82. The minimum atomic E-state index is -0.985. The molecule has 0 fully saturated rings. The summed E-state index contributed by atoms with van der Waals surface area (Å²) < 4.78 is 4.79. The van der Waals surface area contributed by atoms with Crippen LogP contribution in [0, 0.1) is 5.41 Å². The third-order valence-electron chi connectivity index (χ3n) is 1.80. The summed E-state index contributed by atoms with van der Waals surface area (Å²) in [7, 11) is 0. The summed E-state index contributed by atoms with van der Waals surface area (Å²) in [6.07, 6.45) is 0. The molecule has 6 nitrogen and oxygen atoms in total. The Bertz CT molecular complexity index is 533. The van der Waals surface area contributed by atoms with Crippen LogP contribution in [0.4, 0.5) is 5.13 Å². The van der Waals surface area contributed by atoms with Crippen molar-refractivity contribution >= 4 is 74.7 Å². The lowest BCUT2D eigenvalue weighted by molar-refractivity contribution is -0.114. The molecule has 0 aliphatic rings. The van der Waals surface area contributed by atoms with Crippen molar-refractivity contribution in [2.24, 2.45) is 0 Å². The number of rotatable bonds is 6. The van der Waals surface area contributed by atoms with Crippen molar-refractivity contribution in [3.63, 3.8) is 0 Å². The number of nitrogens with zero attached hydrogens (tertiary/aromatic N) is 1. The first-order valence-electron chi connectivity index (χ1n) is 4.84. The Morgan fingerprint density at radius 3 is 2.75 bits per heavy atom. The number of nitrogens with one attached hydrogen (secondary N) is 2. The standard InChI is InChI=1S/C10H9Cl2N3O3S.ClH/c1-5(3-18-9(13)8(12)17)6-4-19-10(14-6)15-7(16)2-11;/h4,13H,1-3H2,(H,14,15,16);1H. The van der Waals surface area contributed by atoms with Crippen molar-refractivity contribution in [1.82, 2.24) is 4.98 Å². The minimum absolute atomic E-state index is 0. The number of carbonyl (C=O) groups excluding carboxylic acids is 2. The maximum atomic E-state index is 11.0. The zero-order chi connectivity index (χ0) is 14.4. The Labute approximate surface area is 135 Å². The fourth-order valence-electron chi connectivity index (χ4n) is 0.936. The first-order chi connectivity index (χ1) is 8.93. The van der Waals surface area contributed by atoms with Gasteiger partial charge in [-0.05, 0) is 11.6 Å². The number of amides is 1. The van der Waals surface area contributed by atoms with Crippen molar-refractivity contribution in [2.45, 2.75) is 0 Å². The van der Waals surface area contributed by atoms with Gasteiger partial charge >= 0.3 is 5.24 Å². The Morgan fingerprint density at radius 2 is 2.20 bits per heavy atom. The van der Waals surface area contributed by atoms with E-state index in [1.807, 2.05) is 0 Å². The van der Waals surface area contributed by atoms with E-state index in [9.17, 15) is 9.59 Å². The van der Waals surface area contributed by atoms with Crippen LogP contribution in [-0.2, 0) is 14.3 Å². The predicted octanol–water partition coefficient (Wildman–Crippen LogP) is 2.51.